The van der Waals surface area contributed by atoms with Crippen LogP contribution in [0.3, 0.4) is 0 Å². The van der Waals surface area contributed by atoms with Crippen LogP contribution < -0.4 is 0 Å². The van der Waals surface area contributed by atoms with E-state index >= 15 is 0 Å². The summed E-state index contributed by atoms with van der Waals surface area (Å²) >= 11 is 5.70. The summed E-state index contributed by atoms with van der Waals surface area (Å²) in [5, 5.41) is 10.5. The van der Waals surface area contributed by atoms with Crippen molar-refractivity contribution >= 4 is 11.6 Å². The first kappa shape index (κ1) is 12.1. The van der Waals surface area contributed by atoms with Crippen molar-refractivity contribution in [2.24, 2.45) is 0 Å². The molecule has 0 aliphatic carbocycles. The highest BCUT2D eigenvalue weighted by Gasteiger charge is 2.09. The molecular formula is C14H14ClNO. The van der Waals surface area contributed by atoms with Gasteiger partial charge in [0, 0.05) is 12.6 Å². The van der Waals surface area contributed by atoms with Gasteiger partial charge >= 0.3 is 0 Å². The molecule has 0 aliphatic heterocycles. The third kappa shape index (κ3) is 3.29. The van der Waals surface area contributed by atoms with E-state index in [4.69, 9.17) is 11.6 Å². The molecule has 2 rings (SSSR count). The highest BCUT2D eigenvalue weighted by Crippen LogP contribution is 2.19. The molecule has 0 spiro atoms. The van der Waals surface area contributed by atoms with Gasteiger partial charge in [-0.1, -0.05) is 47.5 Å². The van der Waals surface area contributed by atoms with Gasteiger partial charge in [0.2, 0.25) is 0 Å². The van der Waals surface area contributed by atoms with Crippen LogP contribution in [0.5, 0.6) is 0 Å². The number of halogens is 1. The lowest BCUT2D eigenvalue weighted by atomic mass is 10.0. The standard InChI is InChI=1S/C14H14ClNO/c1-10-3-2-4-11(7-10)8-13(17)12-5-6-14(15)16-9-12/h2-7,9,13,17H,8H2,1H3. The first-order chi connectivity index (χ1) is 8.15. The summed E-state index contributed by atoms with van der Waals surface area (Å²) in [6.45, 7) is 2.04. The molecule has 3 heteroatoms. The van der Waals surface area contributed by atoms with Gasteiger partial charge in [0.1, 0.15) is 5.15 Å². The van der Waals surface area contributed by atoms with Crippen LogP contribution >= 0.6 is 11.6 Å². The van der Waals surface area contributed by atoms with Gasteiger partial charge in [-0.05, 0) is 24.1 Å². The van der Waals surface area contributed by atoms with Gasteiger partial charge in [0.25, 0.3) is 0 Å². The first-order valence-corrected chi connectivity index (χ1v) is 5.88. The zero-order valence-corrected chi connectivity index (χ0v) is 10.4. The van der Waals surface area contributed by atoms with Gasteiger partial charge in [-0.25, -0.2) is 4.98 Å². The Hall–Kier alpha value is -1.38. The van der Waals surface area contributed by atoms with Crippen LogP contribution in [0, 0.1) is 6.92 Å². The molecule has 88 valence electrons. The van der Waals surface area contributed by atoms with Crippen LogP contribution in [0.4, 0.5) is 0 Å². The lowest BCUT2D eigenvalue weighted by molar-refractivity contribution is 0.178. The molecule has 1 aromatic carbocycles. The van der Waals surface area contributed by atoms with E-state index < -0.39 is 6.10 Å². The quantitative estimate of drug-likeness (QED) is 0.844. The van der Waals surface area contributed by atoms with E-state index in [0.29, 0.717) is 11.6 Å². The summed E-state index contributed by atoms with van der Waals surface area (Å²) in [6.07, 6.45) is 1.66. The van der Waals surface area contributed by atoms with Crippen molar-refractivity contribution in [2.45, 2.75) is 19.4 Å². The Balaban J connectivity index is 2.11. The Morgan fingerprint density at radius 1 is 1.29 bits per heavy atom. The smallest absolute Gasteiger partial charge is 0.129 e. The van der Waals surface area contributed by atoms with Crippen molar-refractivity contribution < 1.29 is 5.11 Å². The van der Waals surface area contributed by atoms with Gasteiger partial charge in [-0.2, -0.15) is 0 Å². The molecule has 1 heterocycles. The molecule has 0 radical (unpaired) electrons. The topological polar surface area (TPSA) is 33.1 Å². The molecule has 1 unspecified atom stereocenters. The van der Waals surface area contributed by atoms with E-state index in [-0.39, 0.29) is 0 Å². The van der Waals surface area contributed by atoms with Gasteiger partial charge < -0.3 is 5.11 Å². The van der Waals surface area contributed by atoms with E-state index in [2.05, 4.69) is 11.1 Å². The lowest BCUT2D eigenvalue weighted by Crippen LogP contribution is -2.02. The molecule has 2 aromatic rings. The van der Waals surface area contributed by atoms with Crippen LogP contribution in [0.15, 0.2) is 42.6 Å². The van der Waals surface area contributed by atoms with Gasteiger partial charge in [0.05, 0.1) is 6.10 Å². The number of hydrogen-bond donors (Lipinski definition) is 1. The fourth-order valence-corrected chi connectivity index (χ4v) is 1.88. The fraction of sp³-hybridized carbons (Fsp3) is 0.214. The first-order valence-electron chi connectivity index (χ1n) is 5.50. The Bertz CT molecular complexity index is 496. The van der Waals surface area contributed by atoms with Crippen molar-refractivity contribution in [1.82, 2.24) is 4.98 Å². The predicted octanol–water partition coefficient (Wildman–Crippen LogP) is 3.32. The van der Waals surface area contributed by atoms with Crippen LogP contribution in [-0.4, -0.2) is 10.1 Å². The van der Waals surface area contributed by atoms with E-state index in [1.807, 2.05) is 25.1 Å². The van der Waals surface area contributed by atoms with Crippen LogP contribution in [0.25, 0.3) is 0 Å². The van der Waals surface area contributed by atoms with E-state index in [9.17, 15) is 5.11 Å². The Morgan fingerprint density at radius 2 is 2.12 bits per heavy atom. The summed E-state index contributed by atoms with van der Waals surface area (Å²) in [6, 6.07) is 11.6. The molecule has 1 N–H and O–H groups in total. The zero-order chi connectivity index (χ0) is 12.3. The number of aromatic nitrogens is 1. The number of aliphatic hydroxyl groups is 1. The van der Waals surface area contributed by atoms with Crippen molar-refractivity contribution in [3.63, 3.8) is 0 Å². The molecule has 17 heavy (non-hydrogen) atoms. The minimum atomic E-state index is -0.540. The number of aryl methyl sites for hydroxylation is 1. The Kier molecular flexibility index (Phi) is 3.77. The van der Waals surface area contributed by atoms with Gasteiger partial charge in [-0.15, -0.1) is 0 Å². The maximum atomic E-state index is 10.1. The van der Waals surface area contributed by atoms with Crippen molar-refractivity contribution in [2.75, 3.05) is 0 Å². The summed E-state index contributed by atoms with van der Waals surface area (Å²) in [4.78, 5) is 3.96. The molecule has 1 aromatic heterocycles. The average molecular weight is 248 g/mol. The second-order valence-electron chi connectivity index (χ2n) is 4.12. The van der Waals surface area contributed by atoms with E-state index in [1.165, 1.54) is 5.56 Å². The maximum absolute atomic E-state index is 10.1. The number of nitrogens with zero attached hydrogens (tertiary/aromatic N) is 1. The van der Waals surface area contributed by atoms with Crippen molar-refractivity contribution in [3.8, 4) is 0 Å². The molecule has 0 saturated carbocycles. The minimum absolute atomic E-state index is 0.441. The maximum Gasteiger partial charge on any atom is 0.129 e. The van der Waals surface area contributed by atoms with Crippen LogP contribution in [0.2, 0.25) is 5.15 Å². The van der Waals surface area contributed by atoms with Gasteiger partial charge in [-0.3, -0.25) is 0 Å². The molecule has 0 aliphatic rings. The molecule has 1 atom stereocenters. The number of aliphatic hydroxyl groups excluding tert-OH is 1. The summed E-state index contributed by atoms with van der Waals surface area (Å²) in [7, 11) is 0. The number of rotatable bonds is 3. The fourth-order valence-electron chi connectivity index (χ4n) is 1.76. The second-order valence-corrected chi connectivity index (χ2v) is 4.51. The third-order valence-electron chi connectivity index (χ3n) is 2.65. The van der Waals surface area contributed by atoms with E-state index in [0.717, 1.165) is 11.1 Å². The second kappa shape index (κ2) is 5.30. The van der Waals surface area contributed by atoms with Crippen molar-refractivity contribution in [3.05, 3.63) is 64.4 Å². The SMILES string of the molecule is Cc1cccc(CC(O)c2ccc(Cl)nc2)c1. The normalized spacial score (nSPS) is 12.4. The summed E-state index contributed by atoms with van der Waals surface area (Å²) in [5.74, 6) is 0. The molecule has 2 nitrogen and oxygen atoms in total. The number of benzene rings is 1. The molecule has 0 bridgehead atoms. The Morgan fingerprint density at radius 3 is 2.76 bits per heavy atom. The van der Waals surface area contributed by atoms with Crippen molar-refractivity contribution in [1.29, 1.82) is 0 Å². The zero-order valence-electron chi connectivity index (χ0n) is 9.60. The third-order valence-corrected chi connectivity index (χ3v) is 2.87. The summed E-state index contributed by atoms with van der Waals surface area (Å²) < 4.78 is 0. The minimum Gasteiger partial charge on any atom is -0.388 e. The number of hydrogen-bond acceptors (Lipinski definition) is 2. The average Bonchev–Trinajstić information content (AvgIpc) is 2.29. The molecular weight excluding hydrogens is 234 g/mol. The predicted molar refractivity (Wildman–Crippen MR) is 69.1 cm³/mol. The van der Waals surface area contributed by atoms with Gasteiger partial charge in [0.15, 0.2) is 0 Å². The lowest BCUT2D eigenvalue weighted by Gasteiger charge is -2.11. The van der Waals surface area contributed by atoms with E-state index in [1.54, 1.807) is 18.3 Å². The largest absolute Gasteiger partial charge is 0.388 e. The Labute approximate surface area is 106 Å². The van der Waals surface area contributed by atoms with Crippen LogP contribution in [0.1, 0.15) is 22.8 Å². The highest BCUT2D eigenvalue weighted by molar-refractivity contribution is 6.29. The molecule has 0 fully saturated rings. The molecule has 0 saturated heterocycles. The highest BCUT2D eigenvalue weighted by atomic mass is 35.5. The molecule has 0 amide bonds. The number of pyridine rings is 1. The monoisotopic (exact) mass is 247 g/mol. The van der Waals surface area contributed by atoms with Crippen LogP contribution in [-0.2, 0) is 6.42 Å². The summed E-state index contributed by atoms with van der Waals surface area (Å²) in [5.41, 5.74) is 3.10.